The second-order valence-electron chi connectivity index (χ2n) is 3.50. The Morgan fingerprint density at radius 2 is 2.00 bits per heavy atom. The number of benzene rings is 1. The van der Waals surface area contributed by atoms with E-state index in [1.54, 1.807) is 24.3 Å². The summed E-state index contributed by atoms with van der Waals surface area (Å²) in [5.41, 5.74) is 0.578. The zero-order valence-electron chi connectivity index (χ0n) is 9.26. The van der Waals surface area contributed by atoms with Crippen molar-refractivity contribution in [2.24, 2.45) is 0 Å². The number of aldehydes is 1. The van der Waals surface area contributed by atoms with Crippen LogP contribution in [-0.4, -0.2) is 18.7 Å². The number of hydrogen-bond donors (Lipinski definition) is 0. The van der Waals surface area contributed by atoms with Crippen LogP contribution < -0.4 is 4.74 Å². The summed E-state index contributed by atoms with van der Waals surface area (Å²) in [6.45, 7) is -0.0143. The number of rotatable bonds is 5. The summed E-state index contributed by atoms with van der Waals surface area (Å²) < 4.78 is 6.16. The maximum Gasteiger partial charge on any atom is 0.211 e. The molecule has 1 heterocycles. The number of halogens is 1. The highest BCUT2D eigenvalue weighted by atomic mass is 79.9. The quantitative estimate of drug-likeness (QED) is 0.623. The molecule has 0 N–H and O–H groups in total. The van der Waals surface area contributed by atoms with E-state index in [1.807, 2.05) is 11.4 Å². The van der Waals surface area contributed by atoms with Gasteiger partial charge < -0.3 is 4.74 Å². The van der Waals surface area contributed by atoms with Crippen LogP contribution in [0.2, 0.25) is 0 Å². The van der Waals surface area contributed by atoms with Gasteiger partial charge in [-0.2, -0.15) is 0 Å². The van der Waals surface area contributed by atoms with Gasteiger partial charge in [-0.05, 0) is 51.6 Å². The molecule has 0 amide bonds. The Hall–Kier alpha value is -1.46. The summed E-state index contributed by atoms with van der Waals surface area (Å²) >= 11 is 4.68. The molecule has 0 saturated carbocycles. The van der Waals surface area contributed by atoms with E-state index < -0.39 is 0 Å². The van der Waals surface area contributed by atoms with Gasteiger partial charge in [-0.1, -0.05) is 0 Å². The van der Waals surface area contributed by atoms with Gasteiger partial charge in [0, 0.05) is 10.0 Å². The minimum absolute atomic E-state index is 0.0143. The van der Waals surface area contributed by atoms with Crippen molar-refractivity contribution in [3.63, 3.8) is 0 Å². The zero-order chi connectivity index (χ0) is 13.0. The fraction of sp³-hybridized carbons (Fsp3) is 0.0769. The van der Waals surface area contributed by atoms with Gasteiger partial charge in [-0.15, -0.1) is 11.3 Å². The molecule has 0 atom stereocenters. The molecular formula is C13H9BrO3S. The summed E-state index contributed by atoms with van der Waals surface area (Å²) in [6, 6.07) is 8.46. The standard InChI is InChI=1S/C13H9BrO3S/c14-11-5-6-18-13(11)12(16)8-17-10-3-1-9(7-15)2-4-10/h1-7H,8H2. The number of thiophene rings is 1. The molecule has 0 aliphatic rings. The maximum absolute atomic E-state index is 11.8. The molecule has 1 aromatic heterocycles. The van der Waals surface area contributed by atoms with Gasteiger partial charge in [-0.25, -0.2) is 0 Å². The van der Waals surface area contributed by atoms with Crippen LogP contribution in [0.25, 0.3) is 0 Å². The largest absolute Gasteiger partial charge is 0.485 e. The van der Waals surface area contributed by atoms with Crippen LogP contribution in [-0.2, 0) is 0 Å². The molecule has 92 valence electrons. The van der Waals surface area contributed by atoms with Gasteiger partial charge in [0.15, 0.2) is 6.61 Å². The van der Waals surface area contributed by atoms with Crippen LogP contribution in [0.5, 0.6) is 5.75 Å². The second kappa shape index (κ2) is 5.93. The Balaban J connectivity index is 1.97. The van der Waals surface area contributed by atoms with Crippen LogP contribution in [0, 0.1) is 0 Å². The van der Waals surface area contributed by atoms with E-state index >= 15 is 0 Å². The number of carbonyl (C=O) groups is 2. The molecule has 2 rings (SSSR count). The van der Waals surface area contributed by atoms with Gasteiger partial charge in [-0.3, -0.25) is 9.59 Å². The molecule has 0 spiro atoms. The lowest BCUT2D eigenvalue weighted by molar-refractivity contribution is 0.0924. The van der Waals surface area contributed by atoms with Crippen molar-refractivity contribution in [3.8, 4) is 5.75 Å². The summed E-state index contributed by atoms with van der Waals surface area (Å²) in [7, 11) is 0. The van der Waals surface area contributed by atoms with E-state index in [2.05, 4.69) is 15.9 Å². The molecule has 0 aliphatic carbocycles. The third-order valence-electron chi connectivity index (χ3n) is 2.26. The molecule has 0 fully saturated rings. The highest BCUT2D eigenvalue weighted by molar-refractivity contribution is 9.10. The van der Waals surface area contributed by atoms with Crippen molar-refractivity contribution in [2.75, 3.05) is 6.61 Å². The highest BCUT2D eigenvalue weighted by Crippen LogP contribution is 2.23. The fourth-order valence-corrected chi connectivity index (χ4v) is 2.87. The molecule has 0 radical (unpaired) electrons. The molecule has 18 heavy (non-hydrogen) atoms. The molecular weight excluding hydrogens is 316 g/mol. The van der Waals surface area contributed by atoms with Gasteiger partial charge in [0.25, 0.3) is 0 Å². The second-order valence-corrected chi connectivity index (χ2v) is 5.27. The summed E-state index contributed by atoms with van der Waals surface area (Å²) in [5, 5.41) is 1.84. The van der Waals surface area contributed by atoms with E-state index in [4.69, 9.17) is 4.74 Å². The Morgan fingerprint density at radius 1 is 1.28 bits per heavy atom. The number of ketones is 1. The smallest absolute Gasteiger partial charge is 0.211 e. The van der Waals surface area contributed by atoms with Crippen LogP contribution in [0.4, 0.5) is 0 Å². The van der Waals surface area contributed by atoms with E-state index in [1.165, 1.54) is 11.3 Å². The molecule has 0 bridgehead atoms. The number of carbonyl (C=O) groups excluding carboxylic acids is 2. The number of Topliss-reactive ketones (excluding diaryl/α,β-unsaturated/α-hetero) is 1. The Morgan fingerprint density at radius 3 is 2.56 bits per heavy atom. The Labute approximate surface area is 117 Å². The van der Waals surface area contributed by atoms with Gasteiger partial charge in [0.05, 0.1) is 4.88 Å². The summed E-state index contributed by atoms with van der Waals surface area (Å²) in [6.07, 6.45) is 0.762. The van der Waals surface area contributed by atoms with Crippen LogP contribution in [0.3, 0.4) is 0 Å². The predicted molar refractivity (Wildman–Crippen MR) is 73.7 cm³/mol. The van der Waals surface area contributed by atoms with Crippen molar-refractivity contribution in [2.45, 2.75) is 0 Å². The van der Waals surface area contributed by atoms with E-state index in [-0.39, 0.29) is 12.4 Å². The predicted octanol–water partition coefficient (Wildman–Crippen LogP) is 3.58. The molecule has 3 nitrogen and oxygen atoms in total. The van der Waals surface area contributed by atoms with Gasteiger partial charge in [0.2, 0.25) is 5.78 Å². The van der Waals surface area contributed by atoms with Gasteiger partial charge in [0.1, 0.15) is 12.0 Å². The van der Waals surface area contributed by atoms with E-state index in [0.29, 0.717) is 16.2 Å². The summed E-state index contributed by atoms with van der Waals surface area (Å²) in [5.74, 6) is 0.498. The maximum atomic E-state index is 11.8. The Kier molecular flexibility index (Phi) is 4.28. The fourth-order valence-electron chi connectivity index (χ4n) is 1.35. The zero-order valence-corrected chi connectivity index (χ0v) is 11.7. The van der Waals surface area contributed by atoms with Crippen LogP contribution in [0.15, 0.2) is 40.2 Å². The average Bonchev–Trinajstić information content (AvgIpc) is 2.83. The molecule has 1 aromatic carbocycles. The van der Waals surface area contributed by atoms with Crippen molar-refractivity contribution in [1.29, 1.82) is 0 Å². The first kappa shape index (κ1) is 13.0. The van der Waals surface area contributed by atoms with Crippen LogP contribution in [0.1, 0.15) is 20.0 Å². The molecule has 0 unspecified atom stereocenters. The summed E-state index contributed by atoms with van der Waals surface area (Å²) in [4.78, 5) is 23.0. The molecule has 2 aromatic rings. The topological polar surface area (TPSA) is 43.4 Å². The monoisotopic (exact) mass is 324 g/mol. The average molecular weight is 325 g/mol. The van der Waals surface area contributed by atoms with Crippen molar-refractivity contribution in [3.05, 3.63) is 50.6 Å². The molecule has 5 heteroatoms. The molecule has 0 saturated heterocycles. The highest BCUT2D eigenvalue weighted by Gasteiger charge is 2.12. The first-order valence-corrected chi connectivity index (χ1v) is 6.82. The molecule has 0 aliphatic heterocycles. The first-order valence-electron chi connectivity index (χ1n) is 5.15. The Bertz CT molecular complexity index is 560. The lowest BCUT2D eigenvalue weighted by Gasteiger charge is -2.04. The first-order chi connectivity index (χ1) is 8.70. The van der Waals surface area contributed by atoms with E-state index in [0.717, 1.165) is 10.8 Å². The lowest BCUT2D eigenvalue weighted by atomic mass is 10.2. The minimum atomic E-state index is -0.0728. The van der Waals surface area contributed by atoms with Crippen molar-refractivity contribution < 1.29 is 14.3 Å². The SMILES string of the molecule is O=Cc1ccc(OCC(=O)c2sccc2Br)cc1. The normalized spacial score (nSPS) is 10.1. The number of hydrogen-bond acceptors (Lipinski definition) is 4. The number of ether oxygens (including phenoxy) is 1. The third-order valence-corrected chi connectivity index (χ3v) is 4.14. The van der Waals surface area contributed by atoms with E-state index in [9.17, 15) is 9.59 Å². The van der Waals surface area contributed by atoms with Crippen molar-refractivity contribution in [1.82, 2.24) is 0 Å². The minimum Gasteiger partial charge on any atom is -0.485 e. The van der Waals surface area contributed by atoms with Crippen LogP contribution >= 0.6 is 27.3 Å². The lowest BCUT2D eigenvalue weighted by Crippen LogP contribution is -2.10. The van der Waals surface area contributed by atoms with Crippen molar-refractivity contribution >= 4 is 39.3 Å². The third kappa shape index (κ3) is 3.05. The van der Waals surface area contributed by atoms with Gasteiger partial charge >= 0.3 is 0 Å².